The van der Waals surface area contributed by atoms with E-state index in [1.54, 1.807) is 18.7 Å². The molecule has 2 aliphatic rings. The highest BCUT2D eigenvalue weighted by Crippen LogP contribution is 2.42. The third-order valence-electron chi connectivity index (χ3n) is 4.75. The molecule has 1 aromatic heterocycles. The second-order valence-electron chi connectivity index (χ2n) is 6.09. The Labute approximate surface area is 128 Å². The molecule has 22 heavy (non-hydrogen) atoms. The molecule has 3 rings (SSSR count). The van der Waals surface area contributed by atoms with Crippen molar-refractivity contribution in [3.05, 3.63) is 23.3 Å². The van der Waals surface area contributed by atoms with Gasteiger partial charge in [-0.2, -0.15) is 0 Å². The lowest BCUT2D eigenvalue weighted by Crippen LogP contribution is -2.45. The van der Waals surface area contributed by atoms with Crippen molar-refractivity contribution < 1.29 is 19.4 Å². The second-order valence-corrected chi connectivity index (χ2v) is 6.09. The minimum absolute atomic E-state index is 0.158. The van der Waals surface area contributed by atoms with Crippen molar-refractivity contribution in [1.29, 1.82) is 0 Å². The molecule has 118 valence electrons. The number of aliphatic carboxylic acids is 1. The highest BCUT2D eigenvalue weighted by Gasteiger charge is 2.55. The highest BCUT2D eigenvalue weighted by molar-refractivity contribution is 5.95. The molecule has 3 heterocycles. The van der Waals surface area contributed by atoms with Crippen LogP contribution in [0.2, 0.25) is 0 Å². The van der Waals surface area contributed by atoms with E-state index >= 15 is 0 Å². The first-order chi connectivity index (χ1) is 10.4. The molecule has 1 aromatic rings. The van der Waals surface area contributed by atoms with Gasteiger partial charge in [0.15, 0.2) is 0 Å². The molecule has 0 radical (unpaired) electrons. The van der Waals surface area contributed by atoms with Crippen LogP contribution in [0.3, 0.4) is 0 Å². The summed E-state index contributed by atoms with van der Waals surface area (Å²) in [5.74, 6) is -0.588. The zero-order valence-electron chi connectivity index (χ0n) is 12.7. The molecule has 0 bridgehead atoms. The van der Waals surface area contributed by atoms with Crippen molar-refractivity contribution >= 4 is 11.9 Å². The Morgan fingerprint density at radius 2 is 2.23 bits per heavy atom. The molecular weight excluding hydrogens is 286 g/mol. The Kier molecular flexibility index (Phi) is 3.60. The number of hydrogen-bond acceptors (Lipinski definition) is 5. The quantitative estimate of drug-likeness (QED) is 0.862. The van der Waals surface area contributed by atoms with Gasteiger partial charge in [0.25, 0.3) is 5.91 Å². The number of carbonyl (C=O) groups excluding carboxylic acids is 1. The average Bonchev–Trinajstić information content (AvgIpc) is 2.87. The number of ether oxygens (including phenoxy) is 1. The molecule has 0 spiro atoms. The molecule has 0 aliphatic carbocycles. The Bertz CT molecular complexity index is 633. The van der Waals surface area contributed by atoms with Gasteiger partial charge >= 0.3 is 5.97 Å². The van der Waals surface area contributed by atoms with Crippen LogP contribution in [-0.2, 0) is 9.53 Å². The molecule has 2 atom stereocenters. The van der Waals surface area contributed by atoms with Crippen LogP contribution < -0.4 is 0 Å². The number of likely N-dealkylation sites (tertiary alicyclic amines) is 1. The summed E-state index contributed by atoms with van der Waals surface area (Å²) in [5.41, 5.74) is 0.173. The van der Waals surface area contributed by atoms with Crippen molar-refractivity contribution in [2.45, 2.75) is 20.3 Å². The van der Waals surface area contributed by atoms with Gasteiger partial charge in [-0.25, -0.2) is 9.97 Å². The summed E-state index contributed by atoms with van der Waals surface area (Å²) < 4.78 is 5.41. The molecule has 7 heteroatoms. The van der Waals surface area contributed by atoms with Crippen LogP contribution in [0.5, 0.6) is 0 Å². The van der Waals surface area contributed by atoms with Crippen LogP contribution >= 0.6 is 0 Å². The maximum absolute atomic E-state index is 12.7. The molecular formula is C15H19N3O4. The third kappa shape index (κ3) is 2.25. The lowest BCUT2D eigenvalue weighted by molar-refractivity contribution is -0.157. The molecule has 2 fully saturated rings. The Morgan fingerprint density at radius 1 is 1.45 bits per heavy atom. The first-order valence-corrected chi connectivity index (χ1v) is 7.35. The number of aryl methyl sites for hydroxylation is 2. The van der Waals surface area contributed by atoms with Crippen molar-refractivity contribution in [2.24, 2.45) is 11.3 Å². The van der Waals surface area contributed by atoms with Gasteiger partial charge < -0.3 is 14.7 Å². The number of nitrogens with zero attached hydrogens (tertiary/aromatic N) is 3. The number of hydrogen-bond donors (Lipinski definition) is 1. The van der Waals surface area contributed by atoms with Crippen LogP contribution in [0.15, 0.2) is 6.20 Å². The predicted molar refractivity (Wildman–Crippen MR) is 76.4 cm³/mol. The van der Waals surface area contributed by atoms with E-state index in [0.29, 0.717) is 43.3 Å². The third-order valence-corrected chi connectivity index (χ3v) is 4.75. The van der Waals surface area contributed by atoms with Gasteiger partial charge in [-0.05, 0) is 20.3 Å². The zero-order valence-corrected chi connectivity index (χ0v) is 12.7. The minimum Gasteiger partial charge on any atom is -0.481 e. The Hall–Kier alpha value is -2.02. The van der Waals surface area contributed by atoms with Gasteiger partial charge in [-0.1, -0.05) is 0 Å². The van der Waals surface area contributed by atoms with E-state index in [-0.39, 0.29) is 18.4 Å². The minimum atomic E-state index is -0.882. The van der Waals surface area contributed by atoms with E-state index in [1.807, 2.05) is 0 Å². The molecule has 0 unspecified atom stereocenters. The van der Waals surface area contributed by atoms with E-state index in [2.05, 4.69) is 9.97 Å². The normalized spacial score (nSPS) is 27.5. The van der Waals surface area contributed by atoms with Gasteiger partial charge in [0.2, 0.25) is 0 Å². The topological polar surface area (TPSA) is 92.6 Å². The summed E-state index contributed by atoms with van der Waals surface area (Å²) in [6.45, 7) is 4.97. The van der Waals surface area contributed by atoms with Crippen LogP contribution in [-0.4, -0.2) is 58.2 Å². The predicted octanol–water partition coefficient (Wildman–Crippen LogP) is 0.657. The van der Waals surface area contributed by atoms with Gasteiger partial charge in [-0.15, -0.1) is 0 Å². The fraction of sp³-hybridized carbons (Fsp3) is 0.600. The van der Waals surface area contributed by atoms with Crippen LogP contribution in [0, 0.1) is 25.2 Å². The molecule has 1 N–H and O–H groups in total. The van der Waals surface area contributed by atoms with Gasteiger partial charge in [-0.3, -0.25) is 9.59 Å². The van der Waals surface area contributed by atoms with Gasteiger partial charge in [0.05, 0.1) is 23.3 Å². The van der Waals surface area contributed by atoms with E-state index in [0.717, 1.165) is 0 Å². The summed E-state index contributed by atoms with van der Waals surface area (Å²) in [5, 5.41) is 9.64. The molecule has 0 saturated carbocycles. The summed E-state index contributed by atoms with van der Waals surface area (Å²) >= 11 is 0. The monoisotopic (exact) mass is 305 g/mol. The fourth-order valence-corrected chi connectivity index (χ4v) is 3.42. The van der Waals surface area contributed by atoms with Crippen molar-refractivity contribution in [3.63, 3.8) is 0 Å². The van der Waals surface area contributed by atoms with Crippen LogP contribution in [0.1, 0.15) is 28.3 Å². The molecule has 2 saturated heterocycles. The Balaban J connectivity index is 1.87. The van der Waals surface area contributed by atoms with Crippen molar-refractivity contribution in [2.75, 3.05) is 26.3 Å². The van der Waals surface area contributed by atoms with Crippen LogP contribution in [0.25, 0.3) is 0 Å². The first-order valence-electron chi connectivity index (χ1n) is 7.35. The first kappa shape index (κ1) is 14.9. The average molecular weight is 305 g/mol. The van der Waals surface area contributed by atoms with Crippen molar-refractivity contribution in [3.8, 4) is 0 Å². The molecule has 7 nitrogen and oxygen atoms in total. The number of amides is 1. The second kappa shape index (κ2) is 5.31. The van der Waals surface area contributed by atoms with E-state index in [4.69, 9.17) is 4.74 Å². The number of rotatable bonds is 2. The fourth-order valence-electron chi connectivity index (χ4n) is 3.42. The molecule has 2 aliphatic heterocycles. The number of carboxylic acids is 1. The zero-order chi connectivity index (χ0) is 15.9. The smallest absolute Gasteiger partial charge is 0.311 e. The maximum atomic E-state index is 12.7. The summed E-state index contributed by atoms with van der Waals surface area (Å²) in [4.78, 5) is 34.3. The van der Waals surface area contributed by atoms with E-state index in [1.165, 1.54) is 6.20 Å². The summed E-state index contributed by atoms with van der Waals surface area (Å²) in [6.07, 6.45) is 1.96. The summed E-state index contributed by atoms with van der Waals surface area (Å²) in [6, 6.07) is 0. The van der Waals surface area contributed by atoms with E-state index < -0.39 is 11.4 Å². The highest BCUT2D eigenvalue weighted by atomic mass is 16.5. The number of fused-ring (bicyclic) bond motifs is 1. The number of carbonyl (C=O) groups is 2. The molecule has 1 amide bonds. The largest absolute Gasteiger partial charge is 0.481 e. The van der Waals surface area contributed by atoms with Crippen LogP contribution in [0.4, 0.5) is 0 Å². The SMILES string of the molecule is Cc1ncc(C(=O)N2C[C@H]3COCC[C@@]3(C(=O)O)C2)c(C)n1. The molecule has 0 aromatic carbocycles. The van der Waals surface area contributed by atoms with Gasteiger partial charge in [0, 0.05) is 31.8 Å². The Morgan fingerprint density at radius 3 is 2.86 bits per heavy atom. The summed E-state index contributed by atoms with van der Waals surface area (Å²) in [7, 11) is 0. The lowest BCUT2D eigenvalue weighted by Gasteiger charge is -2.33. The number of aromatic nitrogens is 2. The van der Waals surface area contributed by atoms with E-state index in [9.17, 15) is 14.7 Å². The van der Waals surface area contributed by atoms with Crippen molar-refractivity contribution in [1.82, 2.24) is 14.9 Å². The number of carboxylic acid groups (broad SMARTS) is 1. The van der Waals surface area contributed by atoms with Gasteiger partial charge in [0.1, 0.15) is 5.82 Å². The maximum Gasteiger partial charge on any atom is 0.311 e. The standard InChI is InChI=1S/C15H19N3O4/c1-9-12(5-16-10(2)17-9)13(19)18-6-11-7-22-4-3-15(11,8-18)14(20)21/h5,11H,3-4,6-8H2,1-2H3,(H,20,21)/t11-,15+/m0/s1. The lowest BCUT2D eigenvalue weighted by atomic mass is 9.74.